The molecule has 0 aromatic carbocycles. The SMILES string of the molecule is CC/C=C\C/C=C\C/C=C\C/C=C\C/C=C\C/C=C\CCCCC(=O)OC(COC(=O)CC/C=C\C/C=C\C/C=C\C/C=C\CC)COC(=O)CCCCCCCCCCCCCCCCCCCCCCCCCCCC. The Labute approximate surface area is 482 Å². The molecule has 0 aromatic rings. The monoisotopic (exact) mass is 1080 g/mol. The summed E-state index contributed by atoms with van der Waals surface area (Å²) in [5, 5.41) is 0. The lowest BCUT2D eigenvalue weighted by Crippen LogP contribution is -2.30. The molecule has 0 aliphatic carbocycles. The van der Waals surface area contributed by atoms with E-state index in [9.17, 15) is 14.4 Å². The van der Waals surface area contributed by atoms with Gasteiger partial charge in [-0.05, 0) is 96.3 Å². The van der Waals surface area contributed by atoms with Crippen molar-refractivity contribution in [3.05, 3.63) is 122 Å². The highest BCUT2D eigenvalue weighted by Crippen LogP contribution is 2.17. The highest BCUT2D eigenvalue weighted by Gasteiger charge is 2.19. The molecule has 0 N–H and O–H groups in total. The van der Waals surface area contributed by atoms with Gasteiger partial charge in [0.1, 0.15) is 13.2 Å². The van der Waals surface area contributed by atoms with Crippen molar-refractivity contribution >= 4 is 17.9 Å². The van der Waals surface area contributed by atoms with Crippen LogP contribution in [0.4, 0.5) is 0 Å². The molecule has 0 aromatic heterocycles. The van der Waals surface area contributed by atoms with Gasteiger partial charge >= 0.3 is 17.9 Å². The maximum absolute atomic E-state index is 12.9. The van der Waals surface area contributed by atoms with Crippen molar-refractivity contribution < 1.29 is 28.6 Å². The third-order valence-electron chi connectivity index (χ3n) is 13.7. The van der Waals surface area contributed by atoms with E-state index in [4.69, 9.17) is 14.2 Å². The second kappa shape index (κ2) is 65.3. The fraction of sp³-hybridized carbons (Fsp3) is 0.681. The minimum absolute atomic E-state index is 0.118. The Balaban J connectivity index is 4.39. The fourth-order valence-corrected chi connectivity index (χ4v) is 8.93. The molecule has 6 nitrogen and oxygen atoms in total. The lowest BCUT2D eigenvalue weighted by molar-refractivity contribution is -0.166. The van der Waals surface area contributed by atoms with Crippen LogP contribution in [0, 0.1) is 0 Å². The van der Waals surface area contributed by atoms with Gasteiger partial charge in [-0.2, -0.15) is 0 Å². The first-order valence-electron chi connectivity index (χ1n) is 32.5. The Morgan fingerprint density at radius 2 is 0.526 bits per heavy atom. The summed E-state index contributed by atoms with van der Waals surface area (Å²) >= 11 is 0. The average Bonchev–Trinajstić information content (AvgIpc) is 3.44. The quantitative estimate of drug-likeness (QED) is 0.0261. The standard InChI is InChI=1S/C72H120O6/c1-4-7-10-13-16-19-22-25-27-29-31-33-34-35-36-37-39-40-42-44-47-50-53-56-59-62-65-71(74)77-68-69(67-76-70(73)64-61-58-55-52-49-46-24-21-18-15-12-9-6-3)78-72(75)66-63-60-57-54-51-48-45-43-41-38-32-30-28-26-23-20-17-14-11-8-5-2/h8-9,11-12,17-18,20-21,26,28,32,38,43,45-46,49,51,54-55,58,69H,4-7,10,13-16,19,22-25,27,29-31,33-37,39-42,44,47-48,50,52-53,56-57,59-68H2,1-3H3/b11-8-,12-9-,20-17-,21-18-,28-26-,38-32-,45-43-,49-46-,54-51-,58-55-. The molecule has 444 valence electrons. The number of unbranched alkanes of at least 4 members (excludes halogenated alkanes) is 27. The van der Waals surface area contributed by atoms with Gasteiger partial charge in [0.25, 0.3) is 0 Å². The molecule has 0 saturated heterocycles. The summed E-state index contributed by atoms with van der Waals surface area (Å²) in [6.45, 7) is 6.33. The van der Waals surface area contributed by atoms with Crippen LogP contribution in [0.3, 0.4) is 0 Å². The normalized spacial score (nSPS) is 12.9. The number of allylic oxidation sites excluding steroid dienone is 20. The number of carbonyl (C=O) groups is 3. The lowest BCUT2D eigenvalue weighted by atomic mass is 10.0. The summed E-state index contributed by atoms with van der Waals surface area (Å²) < 4.78 is 16.8. The topological polar surface area (TPSA) is 78.9 Å². The number of hydrogen-bond donors (Lipinski definition) is 0. The van der Waals surface area contributed by atoms with E-state index in [0.717, 1.165) is 96.3 Å². The van der Waals surface area contributed by atoms with E-state index >= 15 is 0 Å². The van der Waals surface area contributed by atoms with Crippen molar-refractivity contribution in [2.24, 2.45) is 0 Å². The molecule has 0 saturated carbocycles. The second-order valence-corrected chi connectivity index (χ2v) is 21.3. The molecule has 0 fully saturated rings. The van der Waals surface area contributed by atoms with Gasteiger partial charge in [-0.15, -0.1) is 0 Å². The second-order valence-electron chi connectivity index (χ2n) is 21.3. The molecule has 1 unspecified atom stereocenters. The van der Waals surface area contributed by atoms with Crippen LogP contribution in [0.25, 0.3) is 0 Å². The van der Waals surface area contributed by atoms with Gasteiger partial charge in [0.2, 0.25) is 0 Å². The third kappa shape index (κ3) is 62.7. The molecule has 0 aliphatic heterocycles. The zero-order chi connectivity index (χ0) is 56.4. The van der Waals surface area contributed by atoms with Gasteiger partial charge in [-0.25, -0.2) is 0 Å². The van der Waals surface area contributed by atoms with Crippen molar-refractivity contribution in [3.8, 4) is 0 Å². The van der Waals surface area contributed by atoms with Gasteiger partial charge in [-0.1, -0.05) is 303 Å². The molecule has 0 bridgehead atoms. The van der Waals surface area contributed by atoms with Crippen molar-refractivity contribution in [1.29, 1.82) is 0 Å². The minimum atomic E-state index is -0.833. The summed E-state index contributed by atoms with van der Waals surface area (Å²) in [6, 6.07) is 0. The molecule has 0 spiro atoms. The summed E-state index contributed by atoms with van der Waals surface area (Å²) in [4.78, 5) is 38.2. The molecular weight excluding hydrogens is 961 g/mol. The van der Waals surface area contributed by atoms with Crippen LogP contribution in [0.1, 0.15) is 297 Å². The first-order chi connectivity index (χ1) is 38.5. The fourth-order valence-electron chi connectivity index (χ4n) is 8.93. The smallest absolute Gasteiger partial charge is 0.306 e. The summed E-state index contributed by atoms with van der Waals surface area (Å²) in [5.41, 5.74) is 0. The number of hydrogen-bond acceptors (Lipinski definition) is 6. The molecule has 0 rings (SSSR count). The van der Waals surface area contributed by atoms with Crippen LogP contribution in [-0.4, -0.2) is 37.2 Å². The summed E-state index contributed by atoms with van der Waals surface area (Å²) in [5.74, 6) is -1.04. The van der Waals surface area contributed by atoms with Crippen molar-refractivity contribution in [2.45, 2.75) is 303 Å². The molecule has 1 atom stereocenters. The third-order valence-corrected chi connectivity index (χ3v) is 13.7. The predicted molar refractivity (Wildman–Crippen MR) is 339 cm³/mol. The molecule has 0 aliphatic rings. The maximum Gasteiger partial charge on any atom is 0.306 e. The molecule has 0 heterocycles. The van der Waals surface area contributed by atoms with Crippen LogP contribution >= 0.6 is 0 Å². The molecule has 6 heteroatoms. The van der Waals surface area contributed by atoms with E-state index in [1.54, 1.807) is 0 Å². The average molecular weight is 1080 g/mol. The number of rotatable bonds is 58. The van der Waals surface area contributed by atoms with Crippen LogP contribution < -0.4 is 0 Å². The van der Waals surface area contributed by atoms with Crippen LogP contribution in [0.5, 0.6) is 0 Å². The Kier molecular flexibility index (Phi) is 61.8. The van der Waals surface area contributed by atoms with Gasteiger partial charge in [-0.3, -0.25) is 14.4 Å². The van der Waals surface area contributed by atoms with Crippen LogP contribution in [0.2, 0.25) is 0 Å². The largest absolute Gasteiger partial charge is 0.462 e. The number of esters is 3. The summed E-state index contributed by atoms with van der Waals surface area (Å²) in [6.07, 6.45) is 91.0. The summed E-state index contributed by atoms with van der Waals surface area (Å²) in [7, 11) is 0. The molecule has 0 radical (unpaired) electrons. The van der Waals surface area contributed by atoms with Gasteiger partial charge in [0.15, 0.2) is 6.10 Å². The Morgan fingerprint density at radius 3 is 0.859 bits per heavy atom. The van der Waals surface area contributed by atoms with E-state index < -0.39 is 6.10 Å². The highest BCUT2D eigenvalue weighted by atomic mass is 16.6. The van der Waals surface area contributed by atoms with Gasteiger partial charge in [0.05, 0.1) is 0 Å². The van der Waals surface area contributed by atoms with E-state index in [2.05, 4.69) is 130 Å². The van der Waals surface area contributed by atoms with Crippen molar-refractivity contribution in [3.63, 3.8) is 0 Å². The Hall–Kier alpha value is -4.19. The Bertz CT molecular complexity index is 1620. The van der Waals surface area contributed by atoms with Crippen molar-refractivity contribution in [2.75, 3.05) is 13.2 Å². The minimum Gasteiger partial charge on any atom is -0.462 e. The number of ether oxygens (including phenoxy) is 3. The molecule has 78 heavy (non-hydrogen) atoms. The van der Waals surface area contributed by atoms with Crippen molar-refractivity contribution in [1.82, 2.24) is 0 Å². The zero-order valence-corrected chi connectivity index (χ0v) is 50.9. The maximum atomic E-state index is 12.9. The molecule has 0 amide bonds. The first-order valence-corrected chi connectivity index (χ1v) is 32.5. The highest BCUT2D eigenvalue weighted by molar-refractivity contribution is 5.71. The lowest BCUT2D eigenvalue weighted by Gasteiger charge is -2.18. The van der Waals surface area contributed by atoms with E-state index in [0.29, 0.717) is 19.3 Å². The predicted octanol–water partition coefficient (Wildman–Crippen LogP) is 22.4. The van der Waals surface area contributed by atoms with Gasteiger partial charge in [0, 0.05) is 19.3 Å². The van der Waals surface area contributed by atoms with Crippen LogP contribution in [-0.2, 0) is 28.6 Å². The molecular formula is C72H120O6. The zero-order valence-electron chi connectivity index (χ0n) is 50.9. The van der Waals surface area contributed by atoms with E-state index in [1.165, 1.54) is 148 Å². The van der Waals surface area contributed by atoms with E-state index in [-0.39, 0.29) is 44.0 Å². The van der Waals surface area contributed by atoms with Crippen LogP contribution in [0.15, 0.2) is 122 Å². The number of carbonyl (C=O) groups excluding carboxylic acids is 3. The first kappa shape index (κ1) is 73.8. The Morgan fingerprint density at radius 1 is 0.269 bits per heavy atom. The van der Waals surface area contributed by atoms with Gasteiger partial charge < -0.3 is 14.2 Å². The van der Waals surface area contributed by atoms with E-state index in [1.807, 2.05) is 12.2 Å².